The van der Waals surface area contributed by atoms with Crippen molar-refractivity contribution in [2.75, 3.05) is 19.6 Å². The van der Waals surface area contributed by atoms with Crippen molar-refractivity contribution >= 4 is 12.0 Å². The van der Waals surface area contributed by atoms with Crippen molar-refractivity contribution in [1.82, 2.24) is 9.80 Å². The van der Waals surface area contributed by atoms with E-state index in [1.807, 2.05) is 30.3 Å². The molecular formula is C12H14N2O3. The van der Waals surface area contributed by atoms with Gasteiger partial charge in [0.1, 0.15) is 6.54 Å². The molecule has 5 nitrogen and oxygen atoms in total. The number of carbonyl (C=O) groups excluding carboxylic acids is 1. The number of rotatable bonds is 2. The first-order valence-corrected chi connectivity index (χ1v) is 5.46. The fourth-order valence-electron chi connectivity index (χ4n) is 1.84. The third kappa shape index (κ3) is 2.75. The molecule has 0 aliphatic carbocycles. The average Bonchev–Trinajstić information content (AvgIpc) is 2.33. The van der Waals surface area contributed by atoms with Crippen LogP contribution in [0.15, 0.2) is 30.3 Å². The SMILES string of the molecule is O=C(O)N1CCN(Cc2ccccc2)C(=O)C1. The summed E-state index contributed by atoms with van der Waals surface area (Å²) < 4.78 is 0. The third-order valence-electron chi connectivity index (χ3n) is 2.81. The minimum Gasteiger partial charge on any atom is -0.465 e. The number of piperazine rings is 1. The molecule has 1 N–H and O–H groups in total. The highest BCUT2D eigenvalue weighted by atomic mass is 16.4. The monoisotopic (exact) mass is 234 g/mol. The van der Waals surface area contributed by atoms with Crippen LogP contribution in [0.5, 0.6) is 0 Å². The smallest absolute Gasteiger partial charge is 0.407 e. The number of nitrogens with zero attached hydrogens (tertiary/aromatic N) is 2. The van der Waals surface area contributed by atoms with E-state index in [0.717, 1.165) is 10.5 Å². The Morgan fingerprint density at radius 1 is 1.24 bits per heavy atom. The van der Waals surface area contributed by atoms with Crippen molar-refractivity contribution in [2.45, 2.75) is 6.54 Å². The molecule has 0 spiro atoms. The third-order valence-corrected chi connectivity index (χ3v) is 2.81. The van der Waals surface area contributed by atoms with Crippen molar-refractivity contribution in [1.29, 1.82) is 0 Å². The fourth-order valence-corrected chi connectivity index (χ4v) is 1.84. The van der Waals surface area contributed by atoms with E-state index in [1.54, 1.807) is 4.90 Å². The van der Waals surface area contributed by atoms with Crippen LogP contribution < -0.4 is 0 Å². The Morgan fingerprint density at radius 3 is 2.53 bits per heavy atom. The van der Waals surface area contributed by atoms with Crippen molar-refractivity contribution < 1.29 is 14.7 Å². The number of carboxylic acid groups (broad SMARTS) is 1. The highest BCUT2D eigenvalue weighted by Gasteiger charge is 2.26. The van der Waals surface area contributed by atoms with Gasteiger partial charge in [-0.15, -0.1) is 0 Å². The summed E-state index contributed by atoms with van der Waals surface area (Å²) in [7, 11) is 0. The number of hydrogen-bond acceptors (Lipinski definition) is 2. The van der Waals surface area contributed by atoms with Crippen LogP contribution >= 0.6 is 0 Å². The Balaban J connectivity index is 1.96. The van der Waals surface area contributed by atoms with Crippen molar-refractivity contribution in [3.8, 4) is 0 Å². The van der Waals surface area contributed by atoms with Crippen LogP contribution in [0.25, 0.3) is 0 Å². The molecule has 2 rings (SSSR count). The van der Waals surface area contributed by atoms with Gasteiger partial charge in [-0.25, -0.2) is 4.79 Å². The van der Waals surface area contributed by atoms with Crippen LogP contribution in [-0.4, -0.2) is 46.5 Å². The number of carbonyl (C=O) groups is 2. The second-order valence-corrected chi connectivity index (χ2v) is 4.01. The largest absolute Gasteiger partial charge is 0.465 e. The zero-order chi connectivity index (χ0) is 12.3. The van der Waals surface area contributed by atoms with Crippen molar-refractivity contribution in [3.63, 3.8) is 0 Å². The minimum atomic E-state index is -1.03. The highest BCUT2D eigenvalue weighted by Crippen LogP contribution is 2.09. The molecule has 1 aromatic carbocycles. The van der Waals surface area contributed by atoms with Gasteiger partial charge in [-0.05, 0) is 5.56 Å². The summed E-state index contributed by atoms with van der Waals surface area (Å²) in [6, 6.07) is 9.68. The molecule has 0 atom stereocenters. The normalized spacial score (nSPS) is 16.1. The molecule has 1 aliphatic rings. The Bertz CT molecular complexity index is 419. The first kappa shape index (κ1) is 11.4. The number of amides is 2. The number of benzene rings is 1. The van der Waals surface area contributed by atoms with Gasteiger partial charge < -0.3 is 10.0 Å². The predicted molar refractivity (Wildman–Crippen MR) is 61.5 cm³/mol. The molecule has 1 saturated heterocycles. The van der Waals surface area contributed by atoms with Gasteiger partial charge in [0.25, 0.3) is 0 Å². The van der Waals surface area contributed by atoms with Gasteiger partial charge in [0.05, 0.1) is 0 Å². The summed E-state index contributed by atoms with van der Waals surface area (Å²) in [4.78, 5) is 25.3. The topological polar surface area (TPSA) is 60.9 Å². The maximum Gasteiger partial charge on any atom is 0.407 e. The van der Waals surface area contributed by atoms with Gasteiger partial charge in [0.15, 0.2) is 0 Å². The molecule has 0 unspecified atom stereocenters. The first-order chi connectivity index (χ1) is 8.16. The fraction of sp³-hybridized carbons (Fsp3) is 0.333. The van der Waals surface area contributed by atoms with Crippen LogP contribution in [0.4, 0.5) is 4.79 Å². The average molecular weight is 234 g/mol. The summed E-state index contributed by atoms with van der Waals surface area (Å²) in [5.41, 5.74) is 1.06. The maximum absolute atomic E-state index is 11.7. The zero-order valence-electron chi connectivity index (χ0n) is 9.37. The van der Waals surface area contributed by atoms with E-state index in [0.29, 0.717) is 19.6 Å². The van der Waals surface area contributed by atoms with Gasteiger partial charge in [0.2, 0.25) is 5.91 Å². The van der Waals surface area contributed by atoms with Crippen LogP contribution in [-0.2, 0) is 11.3 Å². The molecule has 0 saturated carbocycles. The molecule has 90 valence electrons. The lowest BCUT2D eigenvalue weighted by atomic mass is 10.2. The quantitative estimate of drug-likeness (QED) is 0.830. The molecule has 1 aromatic rings. The first-order valence-electron chi connectivity index (χ1n) is 5.46. The second-order valence-electron chi connectivity index (χ2n) is 4.01. The molecule has 1 aliphatic heterocycles. The summed E-state index contributed by atoms with van der Waals surface area (Å²) >= 11 is 0. The lowest BCUT2D eigenvalue weighted by Crippen LogP contribution is -2.51. The van der Waals surface area contributed by atoms with E-state index < -0.39 is 6.09 Å². The zero-order valence-corrected chi connectivity index (χ0v) is 9.37. The Hall–Kier alpha value is -2.04. The lowest BCUT2D eigenvalue weighted by Gasteiger charge is -2.32. The van der Waals surface area contributed by atoms with Crippen LogP contribution in [0, 0.1) is 0 Å². The van der Waals surface area contributed by atoms with Crippen molar-refractivity contribution in [3.05, 3.63) is 35.9 Å². The molecular weight excluding hydrogens is 220 g/mol. The summed E-state index contributed by atoms with van der Waals surface area (Å²) in [5.74, 6) is -0.137. The molecule has 2 amide bonds. The molecule has 0 radical (unpaired) electrons. The summed E-state index contributed by atoms with van der Waals surface area (Å²) in [5, 5.41) is 8.79. The Labute approximate surface area is 99.3 Å². The van der Waals surface area contributed by atoms with E-state index in [-0.39, 0.29) is 12.5 Å². The predicted octanol–water partition coefficient (Wildman–Crippen LogP) is 1.01. The van der Waals surface area contributed by atoms with E-state index in [2.05, 4.69) is 0 Å². The van der Waals surface area contributed by atoms with Gasteiger partial charge in [-0.2, -0.15) is 0 Å². The van der Waals surface area contributed by atoms with Crippen LogP contribution in [0.3, 0.4) is 0 Å². The van der Waals surface area contributed by atoms with Gasteiger partial charge >= 0.3 is 6.09 Å². The summed E-state index contributed by atoms with van der Waals surface area (Å²) in [6.07, 6.45) is -1.03. The Kier molecular flexibility index (Phi) is 3.27. The second kappa shape index (κ2) is 4.86. The van der Waals surface area contributed by atoms with Gasteiger partial charge in [-0.1, -0.05) is 30.3 Å². The Morgan fingerprint density at radius 2 is 1.94 bits per heavy atom. The van der Waals surface area contributed by atoms with Crippen LogP contribution in [0.1, 0.15) is 5.56 Å². The van der Waals surface area contributed by atoms with Crippen molar-refractivity contribution in [2.24, 2.45) is 0 Å². The molecule has 1 fully saturated rings. The molecule has 0 aromatic heterocycles. The molecule has 1 heterocycles. The summed E-state index contributed by atoms with van der Waals surface area (Å²) in [6.45, 7) is 1.35. The van der Waals surface area contributed by atoms with E-state index >= 15 is 0 Å². The maximum atomic E-state index is 11.7. The molecule has 0 bridgehead atoms. The number of hydrogen-bond donors (Lipinski definition) is 1. The standard InChI is InChI=1S/C12H14N2O3/c15-11-9-14(12(16)17)7-6-13(11)8-10-4-2-1-3-5-10/h1-5H,6-9H2,(H,16,17). The molecule has 17 heavy (non-hydrogen) atoms. The van der Waals surface area contributed by atoms with Crippen LogP contribution in [0.2, 0.25) is 0 Å². The van der Waals surface area contributed by atoms with E-state index in [4.69, 9.17) is 5.11 Å². The minimum absolute atomic E-state index is 0.0395. The van der Waals surface area contributed by atoms with E-state index in [1.165, 1.54) is 0 Å². The van der Waals surface area contributed by atoms with Gasteiger partial charge in [-0.3, -0.25) is 9.69 Å². The van der Waals surface area contributed by atoms with Gasteiger partial charge in [0, 0.05) is 19.6 Å². The van der Waals surface area contributed by atoms with E-state index in [9.17, 15) is 9.59 Å². The highest BCUT2D eigenvalue weighted by molar-refractivity contribution is 5.83. The molecule has 5 heteroatoms. The lowest BCUT2D eigenvalue weighted by molar-refractivity contribution is -0.135.